The van der Waals surface area contributed by atoms with Gasteiger partial charge in [-0.25, -0.2) is 4.39 Å². The van der Waals surface area contributed by atoms with Gasteiger partial charge < -0.3 is 5.32 Å². The molecule has 0 spiro atoms. The van der Waals surface area contributed by atoms with E-state index in [1.54, 1.807) is 18.5 Å². The van der Waals surface area contributed by atoms with E-state index in [0.717, 1.165) is 10.5 Å². The highest BCUT2D eigenvalue weighted by Crippen LogP contribution is 2.29. The number of pyridine rings is 1. The lowest BCUT2D eigenvalue weighted by Crippen LogP contribution is -2.05. The Morgan fingerprint density at radius 2 is 2.00 bits per heavy atom. The molecule has 0 aliphatic carbocycles. The number of hydrogen-bond donors (Lipinski definition) is 1. The molecule has 0 fully saturated rings. The summed E-state index contributed by atoms with van der Waals surface area (Å²) in [6, 6.07) is 9.05. The van der Waals surface area contributed by atoms with E-state index in [1.165, 1.54) is 11.8 Å². The number of nitrogens with zero attached hydrogens (tertiary/aromatic N) is 1. The van der Waals surface area contributed by atoms with Crippen molar-refractivity contribution < 1.29 is 4.39 Å². The van der Waals surface area contributed by atoms with Crippen LogP contribution in [0.2, 0.25) is 0 Å². The molecule has 0 bridgehead atoms. The van der Waals surface area contributed by atoms with E-state index in [0.29, 0.717) is 11.4 Å². The molecule has 4 heteroatoms. The van der Waals surface area contributed by atoms with Crippen LogP contribution in [-0.4, -0.2) is 12.0 Å². The second kappa shape index (κ2) is 5.80. The third-order valence-corrected chi connectivity index (χ3v) is 3.31. The number of rotatable bonds is 4. The number of hydrogen-bond acceptors (Lipinski definition) is 3. The molecular formula is C13H13FN2S. The molecule has 1 aromatic heterocycles. The van der Waals surface area contributed by atoms with Crippen LogP contribution in [0.5, 0.6) is 0 Å². The van der Waals surface area contributed by atoms with Crippen molar-refractivity contribution in [1.29, 1.82) is 0 Å². The van der Waals surface area contributed by atoms with Crippen LogP contribution in [0.15, 0.2) is 52.5 Å². The zero-order valence-corrected chi connectivity index (χ0v) is 10.3. The van der Waals surface area contributed by atoms with E-state index in [-0.39, 0.29) is 5.82 Å². The predicted octanol–water partition coefficient (Wildman–Crippen LogP) is 3.09. The number of benzene rings is 1. The minimum Gasteiger partial charge on any atom is -0.316 e. The summed E-state index contributed by atoms with van der Waals surface area (Å²) >= 11 is 1.41. The molecular weight excluding hydrogens is 235 g/mol. The van der Waals surface area contributed by atoms with Crippen molar-refractivity contribution >= 4 is 11.8 Å². The Kier molecular flexibility index (Phi) is 4.12. The molecule has 0 aliphatic rings. The third-order valence-electron chi connectivity index (χ3n) is 2.25. The highest BCUT2D eigenvalue weighted by Gasteiger charge is 2.05. The van der Waals surface area contributed by atoms with Crippen molar-refractivity contribution in [1.82, 2.24) is 10.3 Å². The fraction of sp³-hybridized carbons (Fsp3) is 0.154. The highest BCUT2D eigenvalue weighted by atomic mass is 32.2. The first-order chi connectivity index (χ1) is 8.29. The van der Waals surface area contributed by atoms with Crippen LogP contribution in [0, 0.1) is 5.82 Å². The molecule has 1 aromatic carbocycles. The third kappa shape index (κ3) is 3.28. The second-order valence-corrected chi connectivity index (χ2v) is 4.70. The van der Waals surface area contributed by atoms with Crippen LogP contribution in [0.25, 0.3) is 0 Å². The summed E-state index contributed by atoms with van der Waals surface area (Å²) in [6.45, 7) is 0.678. The number of nitrogens with one attached hydrogen (secondary N) is 1. The molecule has 1 N–H and O–H groups in total. The minimum absolute atomic E-state index is 0.181. The van der Waals surface area contributed by atoms with Gasteiger partial charge in [-0.2, -0.15) is 0 Å². The van der Waals surface area contributed by atoms with Crippen LogP contribution in [-0.2, 0) is 6.54 Å². The largest absolute Gasteiger partial charge is 0.316 e. The summed E-state index contributed by atoms with van der Waals surface area (Å²) in [5, 5.41) is 3.00. The average Bonchev–Trinajstić information content (AvgIpc) is 2.34. The topological polar surface area (TPSA) is 24.9 Å². The number of aromatic nitrogens is 1. The molecule has 17 heavy (non-hydrogen) atoms. The van der Waals surface area contributed by atoms with Crippen LogP contribution >= 0.6 is 11.8 Å². The zero-order valence-electron chi connectivity index (χ0n) is 9.48. The lowest BCUT2D eigenvalue weighted by molar-refractivity contribution is 0.598. The molecule has 2 rings (SSSR count). The molecule has 0 aliphatic heterocycles. The van der Waals surface area contributed by atoms with Crippen LogP contribution in [0.1, 0.15) is 5.56 Å². The second-order valence-electron chi connectivity index (χ2n) is 3.58. The Labute approximate surface area is 104 Å². The van der Waals surface area contributed by atoms with Gasteiger partial charge in [-0.1, -0.05) is 17.8 Å². The maximum atomic E-state index is 13.8. The van der Waals surface area contributed by atoms with E-state index in [1.807, 2.05) is 31.3 Å². The van der Waals surface area contributed by atoms with Gasteiger partial charge in [-0.3, -0.25) is 4.98 Å². The molecule has 0 atom stereocenters. The lowest BCUT2D eigenvalue weighted by Gasteiger charge is -2.05. The molecule has 0 radical (unpaired) electrons. The normalized spacial score (nSPS) is 10.5. The van der Waals surface area contributed by atoms with E-state index >= 15 is 0 Å². The molecule has 0 saturated heterocycles. The van der Waals surface area contributed by atoms with Crippen molar-refractivity contribution in [2.75, 3.05) is 7.05 Å². The first kappa shape index (κ1) is 12.1. The zero-order chi connectivity index (χ0) is 12.1. The summed E-state index contributed by atoms with van der Waals surface area (Å²) in [5.74, 6) is -0.181. The van der Waals surface area contributed by atoms with Gasteiger partial charge in [-0.05, 0) is 36.9 Å². The van der Waals surface area contributed by atoms with Gasteiger partial charge in [0.15, 0.2) is 0 Å². The first-order valence-corrected chi connectivity index (χ1v) is 6.12. The van der Waals surface area contributed by atoms with E-state index < -0.39 is 0 Å². The molecule has 0 unspecified atom stereocenters. The lowest BCUT2D eigenvalue weighted by atomic mass is 10.2. The van der Waals surface area contributed by atoms with Crippen LogP contribution < -0.4 is 5.32 Å². The van der Waals surface area contributed by atoms with Crippen LogP contribution in [0.3, 0.4) is 0 Å². The van der Waals surface area contributed by atoms with Gasteiger partial charge >= 0.3 is 0 Å². The van der Waals surface area contributed by atoms with Crippen molar-refractivity contribution in [3.63, 3.8) is 0 Å². The minimum atomic E-state index is -0.181. The Balaban J connectivity index is 2.17. The van der Waals surface area contributed by atoms with E-state index in [9.17, 15) is 4.39 Å². The monoisotopic (exact) mass is 248 g/mol. The molecule has 0 saturated carbocycles. The fourth-order valence-corrected chi connectivity index (χ4v) is 2.28. The van der Waals surface area contributed by atoms with Crippen molar-refractivity contribution in [2.24, 2.45) is 0 Å². The SMILES string of the molecule is CNCc1ccc(Sc2ccncc2)c(F)c1. The van der Waals surface area contributed by atoms with Crippen molar-refractivity contribution in [3.8, 4) is 0 Å². The van der Waals surface area contributed by atoms with Gasteiger partial charge in [0, 0.05) is 28.7 Å². The molecule has 2 nitrogen and oxygen atoms in total. The summed E-state index contributed by atoms with van der Waals surface area (Å²) in [6.07, 6.45) is 3.41. The first-order valence-electron chi connectivity index (χ1n) is 5.30. The van der Waals surface area contributed by atoms with Gasteiger partial charge in [0.25, 0.3) is 0 Å². The Morgan fingerprint density at radius 3 is 2.65 bits per heavy atom. The molecule has 88 valence electrons. The summed E-state index contributed by atoms with van der Waals surface area (Å²) in [7, 11) is 1.84. The van der Waals surface area contributed by atoms with Crippen molar-refractivity contribution in [2.45, 2.75) is 16.3 Å². The molecule has 1 heterocycles. The Hall–Kier alpha value is -1.39. The molecule has 0 amide bonds. The summed E-state index contributed by atoms with van der Waals surface area (Å²) in [4.78, 5) is 5.55. The van der Waals surface area contributed by atoms with Crippen molar-refractivity contribution in [3.05, 3.63) is 54.1 Å². The maximum Gasteiger partial charge on any atom is 0.137 e. The standard InChI is InChI=1S/C13H13FN2S/c1-15-9-10-2-3-13(12(14)8-10)17-11-4-6-16-7-5-11/h2-8,15H,9H2,1H3. The highest BCUT2D eigenvalue weighted by molar-refractivity contribution is 7.99. The Bertz CT molecular complexity index is 488. The van der Waals surface area contributed by atoms with Crippen LogP contribution in [0.4, 0.5) is 4.39 Å². The maximum absolute atomic E-state index is 13.8. The molecule has 2 aromatic rings. The predicted molar refractivity (Wildman–Crippen MR) is 67.5 cm³/mol. The summed E-state index contributed by atoms with van der Waals surface area (Å²) < 4.78 is 13.8. The van der Waals surface area contributed by atoms with Gasteiger partial charge in [0.2, 0.25) is 0 Å². The summed E-state index contributed by atoms with van der Waals surface area (Å²) in [5.41, 5.74) is 0.948. The quantitative estimate of drug-likeness (QED) is 0.900. The smallest absolute Gasteiger partial charge is 0.137 e. The van der Waals surface area contributed by atoms with E-state index in [2.05, 4.69) is 10.3 Å². The van der Waals surface area contributed by atoms with E-state index in [4.69, 9.17) is 0 Å². The fourth-order valence-electron chi connectivity index (χ4n) is 1.47. The Morgan fingerprint density at radius 1 is 1.24 bits per heavy atom. The number of halogens is 1. The van der Waals surface area contributed by atoms with Gasteiger partial charge in [0.1, 0.15) is 5.82 Å². The average molecular weight is 248 g/mol. The van der Waals surface area contributed by atoms with Gasteiger partial charge in [-0.15, -0.1) is 0 Å². The van der Waals surface area contributed by atoms with Gasteiger partial charge in [0.05, 0.1) is 0 Å².